The number of halogens is 1. The first-order valence-corrected chi connectivity index (χ1v) is 5.43. The molecule has 0 aromatic heterocycles. The summed E-state index contributed by atoms with van der Waals surface area (Å²) in [5.74, 6) is -0.0300. The van der Waals surface area contributed by atoms with Crippen molar-refractivity contribution in [2.24, 2.45) is 5.41 Å². The van der Waals surface area contributed by atoms with Gasteiger partial charge < -0.3 is 5.32 Å². The quantitative estimate of drug-likeness (QED) is 0.725. The fourth-order valence-corrected chi connectivity index (χ4v) is 1.24. The molecule has 0 bridgehead atoms. The van der Waals surface area contributed by atoms with Crippen molar-refractivity contribution in [2.45, 2.75) is 25.7 Å². The lowest BCUT2D eigenvalue weighted by Crippen LogP contribution is -2.27. The summed E-state index contributed by atoms with van der Waals surface area (Å²) in [7, 11) is 0. The van der Waals surface area contributed by atoms with Gasteiger partial charge in [-0.1, -0.05) is 32.4 Å². The van der Waals surface area contributed by atoms with Crippen LogP contribution in [0.1, 0.15) is 20.8 Å². The molecule has 0 saturated heterocycles. The molecule has 0 fully saturated rings. The van der Waals surface area contributed by atoms with Gasteiger partial charge in [-0.3, -0.25) is 4.79 Å². The van der Waals surface area contributed by atoms with Crippen LogP contribution in [0.5, 0.6) is 0 Å². The van der Waals surface area contributed by atoms with Gasteiger partial charge >= 0.3 is 0 Å². The summed E-state index contributed by atoms with van der Waals surface area (Å²) in [5.41, 5.74) is 0.306. The average Bonchev–Trinajstić information content (AvgIpc) is 2.10. The fraction of sp³-hybridized carbons (Fsp3) is 0.364. The van der Waals surface area contributed by atoms with Crippen molar-refractivity contribution in [3.63, 3.8) is 0 Å². The van der Waals surface area contributed by atoms with E-state index in [9.17, 15) is 4.79 Å². The zero-order chi connectivity index (χ0) is 11.6. The highest BCUT2D eigenvalue weighted by atomic mass is 35.5. The number of amides is 1. The molecule has 0 atom stereocenters. The maximum absolute atomic E-state index is 11.7. The molecule has 0 spiro atoms. The Morgan fingerprint density at radius 1 is 1.40 bits per heavy atom. The number of thiol groups is 1. The molecule has 0 unspecified atom stereocenters. The van der Waals surface area contributed by atoms with Crippen LogP contribution in [-0.4, -0.2) is 5.91 Å². The first kappa shape index (κ1) is 12.4. The van der Waals surface area contributed by atoms with Gasteiger partial charge in [0, 0.05) is 16.0 Å². The summed E-state index contributed by atoms with van der Waals surface area (Å²) >= 11 is 10.00. The van der Waals surface area contributed by atoms with Crippen LogP contribution in [0.2, 0.25) is 5.02 Å². The van der Waals surface area contributed by atoms with E-state index in [1.165, 1.54) is 0 Å². The third-order valence-corrected chi connectivity index (χ3v) is 2.72. The zero-order valence-electron chi connectivity index (χ0n) is 8.97. The molecular weight excluding hydrogens is 230 g/mol. The van der Waals surface area contributed by atoms with Crippen molar-refractivity contribution in [3.8, 4) is 0 Å². The van der Waals surface area contributed by atoms with Gasteiger partial charge in [0.05, 0.1) is 5.02 Å². The monoisotopic (exact) mass is 243 g/mol. The van der Waals surface area contributed by atoms with Crippen LogP contribution < -0.4 is 5.32 Å². The van der Waals surface area contributed by atoms with Crippen molar-refractivity contribution in [3.05, 3.63) is 23.2 Å². The maximum atomic E-state index is 11.7. The molecule has 1 amide bonds. The summed E-state index contributed by atoms with van der Waals surface area (Å²) in [5, 5.41) is 3.38. The van der Waals surface area contributed by atoms with Crippen molar-refractivity contribution < 1.29 is 4.79 Å². The Bertz CT molecular complexity index is 385. The van der Waals surface area contributed by atoms with E-state index in [1.54, 1.807) is 18.2 Å². The third kappa shape index (κ3) is 3.43. The van der Waals surface area contributed by atoms with E-state index in [2.05, 4.69) is 17.9 Å². The molecule has 0 aliphatic heterocycles. The number of benzene rings is 1. The van der Waals surface area contributed by atoms with Gasteiger partial charge in [0.2, 0.25) is 5.91 Å². The standard InChI is InChI=1S/C11H14ClNOS/c1-11(2,3)10(14)13-7-4-5-8(12)9(15)6-7/h4-6,15H,1-3H3,(H,13,14). The Morgan fingerprint density at radius 3 is 2.47 bits per heavy atom. The van der Waals surface area contributed by atoms with Gasteiger partial charge in [0.15, 0.2) is 0 Å². The molecule has 4 heteroatoms. The average molecular weight is 244 g/mol. The second-order valence-corrected chi connectivity index (χ2v) is 5.26. The molecule has 1 N–H and O–H groups in total. The summed E-state index contributed by atoms with van der Waals surface area (Å²) in [6.07, 6.45) is 0. The van der Waals surface area contributed by atoms with Crippen molar-refractivity contribution in [2.75, 3.05) is 5.32 Å². The second kappa shape index (κ2) is 4.45. The molecule has 82 valence electrons. The van der Waals surface area contributed by atoms with Crippen molar-refractivity contribution in [1.82, 2.24) is 0 Å². The number of rotatable bonds is 1. The fourth-order valence-electron chi connectivity index (χ4n) is 0.909. The van der Waals surface area contributed by atoms with Gasteiger partial charge in [-0.15, -0.1) is 12.6 Å². The summed E-state index contributed by atoms with van der Waals surface area (Å²) in [6.45, 7) is 5.58. The van der Waals surface area contributed by atoms with Crippen LogP contribution in [0.15, 0.2) is 23.1 Å². The van der Waals surface area contributed by atoms with Crippen LogP contribution in [0.4, 0.5) is 5.69 Å². The van der Waals surface area contributed by atoms with E-state index in [0.717, 1.165) is 0 Å². The second-order valence-electron chi connectivity index (χ2n) is 4.37. The van der Waals surface area contributed by atoms with E-state index in [1.807, 2.05) is 20.8 Å². The molecule has 1 aromatic rings. The van der Waals surface area contributed by atoms with E-state index < -0.39 is 5.41 Å². The first-order valence-electron chi connectivity index (χ1n) is 4.60. The molecule has 0 radical (unpaired) electrons. The van der Waals surface area contributed by atoms with Gasteiger partial charge in [-0.2, -0.15) is 0 Å². The largest absolute Gasteiger partial charge is 0.326 e. The third-order valence-electron chi connectivity index (χ3n) is 1.89. The zero-order valence-corrected chi connectivity index (χ0v) is 10.6. The smallest absolute Gasteiger partial charge is 0.229 e. The molecule has 1 rings (SSSR count). The Balaban J connectivity index is 2.83. The normalized spacial score (nSPS) is 11.3. The summed E-state index contributed by atoms with van der Waals surface area (Å²) in [6, 6.07) is 5.20. The van der Waals surface area contributed by atoms with Crippen molar-refractivity contribution in [1.29, 1.82) is 0 Å². The lowest BCUT2D eigenvalue weighted by molar-refractivity contribution is -0.123. The molecule has 2 nitrogen and oxygen atoms in total. The Hall–Kier alpha value is -0.670. The number of hydrogen-bond acceptors (Lipinski definition) is 2. The van der Waals surface area contributed by atoms with Crippen LogP contribution in [0, 0.1) is 5.41 Å². The summed E-state index contributed by atoms with van der Waals surface area (Å²) in [4.78, 5) is 12.3. The van der Waals surface area contributed by atoms with Crippen LogP contribution in [0.3, 0.4) is 0 Å². The number of carbonyl (C=O) groups excluding carboxylic acids is 1. The van der Waals surface area contributed by atoms with Crippen molar-refractivity contribution >= 4 is 35.8 Å². The van der Waals surface area contributed by atoms with Gasteiger partial charge in [0.25, 0.3) is 0 Å². The predicted octanol–water partition coefficient (Wildman–Crippen LogP) is 3.61. The molecule has 15 heavy (non-hydrogen) atoms. The highest BCUT2D eigenvalue weighted by Gasteiger charge is 2.21. The Labute approximate surface area is 100 Å². The molecular formula is C11H14ClNOS. The van der Waals surface area contributed by atoms with Gasteiger partial charge in [-0.05, 0) is 18.2 Å². The van der Waals surface area contributed by atoms with Crippen LogP contribution >= 0.6 is 24.2 Å². The SMILES string of the molecule is CC(C)(C)C(=O)Nc1ccc(Cl)c(S)c1. The lowest BCUT2D eigenvalue weighted by Gasteiger charge is -2.17. The highest BCUT2D eigenvalue weighted by molar-refractivity contribution is 7.80. The Morgan fingerprint density at radius 2 is 2.00 bits per heavy atom. The molecule has 1 aromatic carbocycles. The molecule has 0 aliphatic rings. The summed E-state index contributed by atoms with van der Waals surface area (Å²) < 4.78 is 0. The predicted molar refractivity (Wildman–Crippen MR) is 66.8 cm³/mol. The maximum Gasteiger partial charge on any atom is 0.229 e. The minimum atomic E-state index is -0.406. The van der Waals surface area contributed by atoms with E-state index in [0.29, 0.717) is 15.6 Å². The minimum absolute atomic E-state index is 0.0300. The van der Waals surface area contributed by atoms with Crippen LogP contribution in [-0.2, 0) is 4.79 Å². The highest BCUT2D eigenvalue weighted by Crippen LogP contribution is 2.24. The van der Waals surface area contributed by atoms with Crippen LogP contribution in [0.25, 0.3) is 0 Å². The van der Waals surface area contributed by atoms with E-state index >= 15 is 0 Å². The number of carbonyl (C=O) groups is 1. The molecule has 0 aliphatic carbocycles. The number of hydrogen-bond donors (Lipinski definition) is 2. The number of anilines is 1. The molecule has 0 heterocycles. The van der Waals surface area contributed by atoms with Gasteiger partial charge in [0.1, 0.15) is 0 Å². The lowest BCUT2D eigenvalue weighted by atomic mass is 9.95. The topological polar surface area (TPSA) is 29.1 Å². The Kier molecular flexibility index (Phi) is 3.68. The number of nitrogens with one attached hydrogen (secondary N) is 1. The molecule has 0 saturated carbocycles. The first-order chi connectivity index (χ1) is 6.80. The minimum Gasteiger partial charge on any atom is -0.326 e. The van der Waals surface area contributed by atoms with E-state index in [4.69, 9.17) is 11.6 Å². The van der Waals surface area contributed by atoms with Gasteiger partial charge in [-0.25, -0.2) is 0 Å². The van der Waals surface area contributed by atoms with E-state index in [-0.39, 0.29) is 5.91 Å².